The van der Waals surface area contributed by atoms with Gasteiger partial charge in [-0.05, 0) is 31.5 Å². The number of carbonyl (C=O) groups is 1. The van der Waals surface area contributed by atoms with Crippen molar-refractivity contribution >= 4 is 5.91 Å². The Balaban J connectivity index is 2.99. The van der Waals surface area contributed by atoms with Crippen LogP contribution in [0.3, 0.4) is 0 Å². The van der Waals surface area contributed by atoms with Gasteiger partial charge in [-0.25, -0.2) is 0 Å². The SMILES string of the molecule is CCOc1cc(C(=O)NC)ccc1C. The highest BCUT2D eigenvalue weighted by Crippen LogP contribution is 2.19. The zero-order valence-corrected chi connectivity index (χ0v) is 8.76. The van der Waals surface area contributed by atoms with Gasteiger partial charge >= 0.3 is 0 Å². The van der Waals surface area contributed by atoms with Crippen molar-refractivity contribution in [2.24, 2.45) is 0 Å². The standard InChI is InChI=1S/C11H15NO2/c1-4-14-10-7-9(11(13)12-3)6-5-8(10)2/h5-7H,4H2,1-3H3,(H,12,13). The Morgan fingerprint density at radius 2 is 2.21 bits per heavy atom. The Hall–Kier alpha value is -1.51. The maximum absolute atomic E-state index is 11.3. The molecule has 0 aliphatic carbocycles. The molecule has 0 heterocycles. The molecule has 0 fully saturated rings. The third kappa shape index (κ3) is 2.25. The van der Waals surface area contributed by atoms with E-state index < -0.39 is 0 Å². The van der Waals surface area contributed by atoms with Gasteiger partial charge in [-0.2, -0.15) is 0 Å². The van der Waals surface area contributed by atoms with E-state index in [2.05, 4.69) is 5.32 Å². The second kappa shape index (κ2) is 4.65. The molecule has 0 aliphatic rings. The van der Waals surface area contributed by atoms with E-state index in [1.54, 1.807) is 19.2 Å². The molecular weight excluding hydrogens is 178 g/mol. The highest BCUT2D eigenvalue weighted by molar-refractivity contribution is 5.94. The summed E-state index contributed by atoms with van der Waals surface area (Å²) in [5, 5.41) is 2.58. The van der Waals surface area contributed by atoms with Crippen molar-refractivity contribution < 1.29 is 9.53 Å². The lowest BCUT2D eigenvalue weighted by atomic mass is 10.1. The van der Waals surface area contributed by atoms with Crippen LogP contribution >= 0.6 is 0 Å². The molecule has 0 saturated carbocycles. The van der Waals surface area contributed by atoms with Crippen molar-refractivity contribution in [3.8, 4) is 5.75 Å². The summed E-state index contributed by atoms with van der Waals surface area (Å²) in [5.74, 6) is 0.680. The summed E-state index contributed by atoms with van der Waals surface area (Å²) in [5.41, 5.74) is 1.67. The average Bonchev–Trinajstić information content (AvgIpc) is 2.20. The lowest BCUT2D eigenvalue weighted by Crippen LogP contribution is -2.17. The maximum Gasteiger partial charge on any atom is 0.251 e. The fourth-order valence-electron chi connectivity index (χ4n) is 1.20. The van der Waals surface area contributed by atoms with Crippen molar-refractivity contribution in [3.63, 3.8) is 0 Å². The number of carbonyl (C=O) groups excluding carboxylic acids is 1. The van der Waals surface area contributed by atoms with E-state index in [4.69, 9.17) is 4.74 Å². The molecule has 1 N–H and O–H groups in total. The van der Waals surface area contributed by atoms with Crippen LogP contribution in [0.4, 0.5) is 0 Å². The topological polar surface area (TPSA) is 38.3 Å². The Morgan fingerprint density at radius 3 is 2.79 bits per heavy atom. The molecule has 0 aliphatic heterocycles. The van der Waals surface area contributed by atoms with Crippen LogP contribution in [0.5, 0.6) is 5.75 Å². The maximum atomic E-state index is 11.3. The van der Waals surface area contributed by atoms with E-state index in [0.717, 1.165) is 11.3 Å². The Bertz CT molecular complexity index is 334. The van der Waals surface area contributed by atoms with Gasteiger partial charge in [-0.1, -0.05) is 6.07 Å². The quantitative estimate of drug-likeness (QED) is 0.794. The van der Waals surface area contributed by atoms with Gasteiger partial charge in [-0.15, -0.1) is 0 Å². The summed E-state index contributed by atoms with van der Waals surface area (Å²) in [6.07, 6.45) is 0. The van der Waals surface area contributed by atoms with Gasteiger partial charge in [0.05, 0.1) is 6.61 Å². The number of nitrogens with one attached hydrogen (secondary N) is 1. The highest BCUT2D eigenvalue weighted by atomic mass is 16.5. The summed E-state index contributed by atoms with van der Waals surface area (Å²) in [6, 6.07) is 5.43. The minimum atomic E-state index is -0.0917. The monoisotopic (exact) mass is 193 g/mol. The van der Waals surface area contributed by atoms with Crippen LogP contribution in [0, 0.1) is 6.92 Å². The predicted octanol–water partition coefficient (Wildman–Crippen LogP) is 1.75. The molecule has 0 spiro atoms. The van der Waals surface area contributed by atoms with Crippen LogP contribution in [-0.4, -0.2) is 19.6 Å². The lowest BCUT2D eigenvalue weighted by Gasteiger charge is -2.08. The van der Waals surface area contributed by atoms with E-state index in [-0.39, 0.29) is 5.91 Å². The molecule has 1 amide bonds. The summed E-state index contributed by atoms with van der Waals surface area (Å²) < 4.78 is 5.39. The first-order valence-electron chi connectivity index (χ1n) is 4.64. The van der Waals surface area contributed by atoms with Crippen molar-refractivity contribution in [2.45, 2.75) is 13.8 Å². The number of hydrogen-bond donors (Lipinski definition) is 1. The van der Waals surface area contributed by atoms with Crippen LogP contribution in [0.15, 0.2) is 18.2 Å². The number of ether oxygens (including phenoxy) is 1. The van der Waals surface area contributed by atoms with E-state index in [9.17, 15) is 4.79 Å². The molecule has 0 aromatic heterocycles. The molecule has 14 heavy (non-hydrogen) atoms. The third-order valence-corrected chi connectivity index (χ3v) is 1.98. The number of hydrogen-bond acceptors (Lipinski definition) is 2. The van der Waals surface area contributed by atoms with Crippen LogP contribution in [0.1, 0.15) is 22.8 Å². The van der Waals surface area contributed by atoms with Gasteiger partial charge in [0.15, 0.2) is 0 Å². The Morgan fingerprint density at radius 1 is 1.50 bits per heavy atom. The molecule has 3 nitrogen and oxygen atoms in total. The molecule has 0 atom stereocenters. The van der Waals surface area contributed by atoms with Crippen LogP contribution in [0.2, 0.25) is 0 Å². The predicted molar refractivity (Wildman–Crippen MR) is 55.7 cm³/mol. The zero-order valence-electron chi connectivity index (χ0n) is 8.76. The second-order valence-electron chi connectivity index (χ2n) is 2.99. The van der Waals surface area contributed by atoms with Crippen molar-refractivity contribution in [3.05, 3.63) is 29.3 Å². The van der Waals surface area contributed by atoms with Gasteiger partial charge in [0.1, 0.15) is 5.75 Å². The molecule has 1 aromatic carbocycles. The third-order valence-electron chi connectivity index (χ3n) is 1.98. The molecule has 1 aromatic rings. The molecule has 0 unspecified atom stereocenters. The molecule has 0 radical (unpaired) electrons. The first-order chi connectivity index (χ1) is 6.69. The number of aryl methyl sites for hydroxylation is 1. The molecule has 76 valence electrons. The van der Waals surface area contributed by atoms with E-state index in [0.29, 0.717) is 12.2 Å². The van der Waals surface area contributed by atoms with Gasteiger partial charge in [0.2, 0.25) is 0 Å². The lowest BCUT2D eigenvalue weighted by molar-refractivity contribution is 0.0962. The van der Waals surface area contributed by atoms with Gasteiger partial charge in [-0.3, -0.25) is 4.79 Å². The highest BCUT2D eigenvalue weighted by Gasteiger charge is 2.06. The van der Waals surface area contributed by atoms with E-state index in [1.807, 2.05) is 19.9 Å². The summed E-state index contributed by atoms with van der Waals surface area (Å²) >= 11 is 0. The Labute approximate surface area is 84.1 Å². The van der Waals surface area contributed by atoms with E-state index in [1.165, 1.54) is 0 Å². The normalized spacial score (nSPS) is 9.64. The van der Waals surface area contributed by atoms with Crippen molar-refractivity contribution in [2.75, 3.05) is 13.7 Å². The van der Waals surface area contributed by atoms with Crippen LogP contribution < -0.4 is 10.1 Å². The summed E-state index contributed by atoms with van der Waals surface area (Å²) in [4.78, 5) is 11.3. The van der Waals surface area contributed by atoms with Crippen molar-refractivity contribution in [1.82, 2.24) is 5.32 Å². The number of rotatable bonds is 3. The largest absolute Gasteiger partial charge is 0.494 e. The minimum Gasteiger partial charge on any atom is -0.494 e. The fraction of sp³-hybridized carbons (Fsp3) is 0.364. The van der Waals surface area contributed by atoms with Gasteiger partial charge in [0.25, 0.3) is 5.91 Å². The average molecular weight is 193 g/mol. The fourth-order valence-corrected chi connectivity index (χ4v) is 1.20. The van der Waals surface area contributed by atoms with Gasteiger partial charge in [0, 0.05) is 12.6 Å². The first kappa shape index (κ1) is 10.6. The van der Waals surface area contributed by atoms with Crippen molar-refractivity contribution in [1.29, 1.82) is 0 Å². The molecule has 0 bridgehead atoms. The second-order valence-corrected chi connectivity index (χ2v) is 2.99. The van der Waals surface area contributed by atoms with Crippen LogP contribution in [-0.2, 0) is 0 Å². The number of amides is 1. The molecular formula is C11H15NO2. The Kier molecular flexibility index (Phi) is 3.51. The molecule has 1 rings (SSSR count). The smallest absolute Gasteiger partial charge is 0.251 e. The molecule has 3 heteroatoms. The summed E-state index contributed by atoms with van der Waals surface area (Å²) in [6.45, 7) is 4.49. The number of benzene rings is 1. The molecule has 0 saturated heterocycles. The zero-order chi connectivity index (χ0) is 10.6. The summed E-state index contributed by atoms with van der Waals surface area (Å²) in [7, 11) is 1.61. The first-order valence-corrected chi connectivity index (χ1v) is 4.64. The van der Waals surface area contributed by atoms with Crippen LogP contribution in [0.25, 0.3) is 0 Å². The minimum absolute atomic E-state index is 0.0917. The van der Waals surface area contributed by atoms with E-state index >= 15 is 0 Å². The van der Waals surface area contributed by atoms with Gasteiger partial charge < -0.3 is 10.1 Å².